The summed E-state index contributed by atoms with van der Waals surface area (Å²) in [5.74, 6) is 1.09. The molecule has 0 amide bonds. The van der Waals surface area contributed by atoms with Crippen LogP contribution >= 0.6 is 0 Å². The van der Waals surface area contributed by atoms with E-state index < -0.39 is 0 Å². The number of nitrogens with two attached hydrogens (primary N) is 1. The molecule has 3 rings (SSSR count). The van der Waals surface area contributed by atoms with Crippen molar-refractivity contribution >= 4 is 16.7 Å². The quantitative estimate of drug-likeness (QED) is 0.842. The van der Waals surface area contributed by atoms with Crippen LogP contribution < -0.4 is 5.73 Å². The second-order valence-corrected chi connectivity index (χ2v) is 6.08. The molecule has 1 saturated carbocycles. The fourth-order valence-electron chi connectivity index (χ4n) is 3.47. The molecular formula is C16H23N3O. The van der Waals surface area contributed by atoms with Gasteiger partial charge in [0.05, 0.1) is 17.6 Å². The van der Waals surface area contributed by atoms with Gasteiger partial charge in [-0.3, -0.25) is 0 Å². The summed E-state index contributed by atoms with van der Waals surface area (Å²) in [6.07, 6.45) is 5.57. The molecule has 20 heavy (non-hydrogen) atoms. The highest BCUT2D eigenvalue weighted by Gasteiger charge is 2.34. The zero-order chi connectivity index (χ0) is 14.2. The molecular weight excluding hydrogens is 250 g/mol. The number of aromatic nitrogens is 2. The van der Waals surface area contributed by atoms with E-state index in [4.69, 9.17) is 10.7 Å². The summed E-state index contributed by atoms with van der Waals surface area (Å²) in [5, 5.41) is 9.84. The van der Waals surface area contributed by atoms with Gasteiger partial charge >= 0.3 is 0 Å². The highest BCUT2D eigenvalue weighted by atomic mass is 16.3. The number of nitrogens with zero attached hydrogens (tertiary/aromatic N) is 2. The molecule has 0 aliphatic heterocycles. The first-order chi connectivity index (χ1) is 9.67. The molecule has 0 spiro atoms. The molecule has 0 atom stereocenters. The molecule has 1 heterocycles. The smallest absolute Gasteiger partial charge is 0.109 e. The highest BCUT2D eigenvalue weighted by Crippen LogP contribution is 2.40. The van der Waals surface area contributed by atoms with Gasteiger partial charge in [0, 0.05) is 24.1 Å². The average Bonchev–Trinajstić information content (AvgIpc) is 3.04. The molecule has 1 aliphatic rings. The molecule has 2 aromatic rings. The number of anilines is 1. The molecule has 1 aliphatic carbocycles. The molecule has 4 heteroatoms. The molecule has 1 aromatic heterocycles. The van der Waals surface area contributed by atoms with Crippen LogP contribution in [0.3, 0.4) is 0 Å². The molecule has 0 unspecified atom stereocenters. The van der Waals surface area contributed by atoms with Crippen molar-refractivity contribution in [3.05, 3.63) is 24.0 Å². The molecule has 0 saturated heterocycles. The maximum Gasteiger partial charge on any atom is 0.109 e. The normalized spacial score (nSPS) is 17.9. The lowest BCUT2D eigenvalue weighted by Crippen LogP contribution is -2.28. The molecule has 3 N–H and O–H groups in total. The van der Waals surface area contributed by atoms with Gasteiger partial charge in [-0.2, -0.15) is 0 Å². The van der Waals surface area contributed by atoms with E-state index in [0.29, 0.717) is 0 Å². The SMILES string of the molecule is CCc1nc2cc(N)ccc2n1CC1(CO)CCCC1. The van der Waals surface area contributed by atoms with Crippen molar-refractivity contribution in [2.75, 3.05) is 12.3 Å². The Hall–Kier alpha value is -1.55. The summed E-state index contributed by atoms with van der Waals surface area (Å²) >= 11 is 0. The van der Waals surface area contributed by atoms with E-state index >= 15 is 0 Å². The fraction of sp³-hybridized carbons (Fsp3) is 0.562. The lowest BCUT2D eigenvalue weighted by molar-refractivity contribution is 0.111. The Bertz CT molecular complexity index is 611. The number of rotatable bonds is 4. The summed E-state index contributed by atoms with van der Waals surface area (Å²) < 4.78 is 2.29. The van der Waals surface area contributed by atoms with Crippen molar-refractivity contribution in [3.63, 3.8) is 0 Å². The Morgan fingerprint density at radius 3 is 2.75 bits per heavy atom. The van der Waals surface area contributed by atoms with Gasteiger partial charge in [0.1, 0.15) is 5.82 Å². The van der Waals surface area contributed by atoms with E-state index in [-0.39, 0.29) is 12.0 Å². The highest BCUT2D eigenvalue weighted by molar-refractivity contribution is 5.79. The topological polar surface area (TPSA) is 64.1 Å². The van der Waals surface area contributed by atoms with E-state index in [1.54, 1.807) is 0 Å². The van der Waals surface area contributed by atoms with Gasteiger partial charge in [-0.15, -0.1) is 0 Å². The van der Waals surface area contributed by atoms with Crippen LogP contribution in [0.5, 0.6) is 0 Å². The van der Waals surface area contributed by atoms with Crippen LogP contribution in [0.4, 0.5) is 5.69 Å². The third kappa shape index (κ3) is 2.18. The van der Waals surface area contributed by atoms with Crippen LogP contribution in [-0.4, -0.2) is 21.3 Å². The maximum atomic E-state index is 9.84. The van der Waals surface area contributed by atoms with E-state index in [0.717, 1.165) is 48.4 Å². The number of aryl methyl sites for hydroxylation is 1. The third-order valence-corrected chi connectivity index (χ3v) is 4.66. The number of benzene rings is 1. The number of hydrogen-bond acceptors (Lipinski definition) is 3. The molecule has 0 radical (unpaired) electrons. The average molecular weight is 273 g/mol. The van der Waals surface area contributed by atoms with Crippen molar-refractivity contribution in [3.8, 4) is 0 Å². The van der Waals surface area contributed by atoms with E-state index in [1.807, 2.05) is 12.1 Å². The Balaban J connectivity index is 2.05. The lowest BCUT2D eigenvalue weighted by Gasteiger charge is -2.28. The Morgan fingerprint density at radius 1 is 1.35 bits per heavy atom. The second-order valence-electron chi connectivity index (χ2n) is 6.08. The van der Waals surface area contributed by atoms with Gasteiger partial charge in [-0.05, 0) is 31.0 Å². The second kappa shape index (κ2) is 5.09. The Morgan fingerprint density at radius 2 is 2.10 bits per heavy atom. The number of nitrogen functional groups attached to an aromatic ring is 1. The third-order valence-electron chi connectivity index (χ3n) is 4.66. The number of hydrogen-bond donors (Lipinski definition) is 2. The molecule has 0 bridgehead atoms. The summed E-state index contributed by atoms with van der Waals surface area (Å²) in [5.41, 5.74) is 8.74. The van der Waals surface area contributed by atoms with E-state index in [2.05, 4.69) is 17.6 Å². The molecule has 108 valence electrons. The largest absolute Gasteiger partial charge is 0.399 e. The Labute approximate surface area is 119 Å². The monoisotopic (exact) mass is 273 g/mol. The predicted octanol–water partition coefficient (Wildman–Crippen LogP) is 2.73. The minimum atomic E-state index is 0.0406. The number of aliphatic hydroxyl groups is 1. The first-order valence-electron chi connectivity index (χ1n) is 7.53. The van der Waals surface area contributed by atoms with Gasteiger partial charge in [0.15, 0.2) is 0 Å². The van der Waals surface area contributed by atoms with Crippen LogP contribution in [0.1, 0.15) is 38.4 Å². The van der Waals surface area contributed by atoms with Gasteiger partial charge in [-0.1, -0.05) is 19.8 Å². The van der Waals surface area contributed by atoms with Crippen molar-refractivity contribution in [2.24, 2.45) is 5.41 Å². The van der Waals surface area contributed by atoms with Crippen molar-refractivity contribution in [1.29, 1.82) is 0 Å². The summed E-state index contributed by atoms with van der Waals surface area (Å²) in [4.78, 5) is 4.70. The van der Waals surface area contributed by atoms with E-state index in [9.17, 15) is 5.11 Å². The number of aliphatic hydroxyl groups excluding tert-OH is 1. The van der Waals surface area contributed by atoms with Crippen molar-refractivity contribution in [2.45, 2.75) is 45.6 Å². The van der Waals surface area contributed by atoms with Crippen molar-refractivity contribution < 1.29 is 5.11 Å². The first kappa shape index (κ1) is 13.4. The van der Waals surface area contributed by atoms with Crippen molar-refractivity contribution in [1.82, 2.24) is 9.55 Å². The summed E-state index contributed by atoms with van der Waals surface area (Å²) in [6, 6.07) is 5.92. The fourth-order valence-corrected chi connectivity index (χ4v) is 3.47. The van der Waals surface area contributed by atoms with Crippen LogP contribution in [-0.2, 0) is 13.0 Å². The van der Waals surface area contributed by atoms with Crippen LogP contribution in [0.25, 0.3) is 11.0 Å². The molecule has 1 fully saturated rings. The van der Waals surface area contributed by atoms with Gasteiger partial charge < -0.3 is 15.4 Å². The minimum absolute atomic E-state index is 0.0406. The van der Waals surface area contributed by atoms with Crippen LogP contribution in [0.2, 0.25) is 0 Å². The number of imidazole rings is 1. The maximum absolute atomic E-state index is 9.84. The summed E-state index contributed by atoms with van der Waals surface area (Å²) in [7, 11) is 0. The predicted molar refractivity (Wildman–Crippen MR) is 81.5 cm³/mol. The minimum Gasteiger partial charge on any atom is -0.399 e. The van der Waals surface area contributed by atoms with E-state index in [1.165, 1.54) is 12.8 Å². The molecule has 4 nitrogen and oxygen atoms in total. The Kier molecular flexibility index (Phi) is 3.42. The molecule has 1 aromatic carbocycles. The standard InChI is InChI=1S/C16H23N3O/c1-2-15-18-13-9-12(17)5-6-14(13)19(15)10-16(11-20)7-3-4-8-16/h5-6,9,20H,2-4,7-8,10-11,17H2,1H3. The number of fused-ring (bicyclic) bond motifs is 1. The first-order valence-corrected chi connectivity index (χ1v) is 7.53. The lowest BCUT2D eigenvalue weighted by atomic mass is 9.87. The summed E-state index contributed by atoms with van der Waals surface area (Å²) in [6.45, 7) is 3.26. The van der Waals surface area contributed by atoms with Crippen LogP contribution in [0, 0.1) is 5.41 Å². The van der Waals surface area contributed by atoms with Gasteiger partial charge in [-0.25, -0.2) is 4.98 Å². The van der Waals surface area contributed by atoms with Gasteiger partial charge in [0.2, 0.25) is 0 Å². The zero-order valence-corrected chi connectivity index (χ0v) is 12.1. The van der Waals surface area contributed by atoms with Gasteiger partial charge in [0.25, 0.3) is 0 Å². The zero-order valence-electron chi connectivity index (χ0n) is 12.1. The van der Waals surface area contributed by atoms with Crippen LogP contribution in [0.15, 0.2) is 18.2 Å².